The van der Waals surface area contributed by atoms with Crippen LogP contribution in [0.4, 0.5) is 4.79 Å². The van der Waals surface area contributed by atoms with Crippen molar-refractivity contribution < 1.29 is 24.2 Å². The molecular formula is C19H23N3O5. The molecule has 27 heavy (non-hydrogen) atoms. The van der Waals surface area contributed by atoms with Gasteiger partial charge in [0.1, 0.15) is 18.7 Å². The van der Waals surface area contributed by atoms with Crippen LogP contribution in [0.25, 0.3) is 0 Å². The number of hydrogen-bond donors (Lipinski definition) is 2. The number of carboxylic acid groups (broad SMARTS) is 1. The lowest BCUT2D eigenvalue weighted by Crippen LogP contribution is -2.52. The van der Waals surface area contributed by atoms with E-state index in [1.165, 1.54) is 4.90 Å². The van der Waals surface area contributed by atoms with E-state index in [-0.39, 0.29) is 13.0 Å². The van der Waals surface area contributed by atoms with Crippen molar-refractivity contribution >= 4 is 18.0 Å². The van der Waals surface area contributed by atoms with E-state index in [0.717, 1.165) is 5.56 Å². The fourth-order valence-corrected chi connectivity index (χ4v) is 3.02. The second-order valence-corrected chi connectivity index (χ2v) is 6.56. The van der Waals surface area contributed by atoms with Crippen molar-refractivity contribution in [3.05, 3.63) is 35.9 Å². The Morgan fingerprint density at radius 2 is 2.07 bits per heavy atom. The summed E-state index contributed by atoms with van der Waals surface area (Å²) in [6.45, 7) is 2.06. The Morgan fingerprint density at radius 3 is 2.70 bits per heavy atom. The minimum Gasteiger partial charge on any atom is -0.480 e. The third-order valence-electron chi connectivity index (χ3n) is 4.54. The number of carboxylic acids is 1. The molecule has 3 atom stereocenters. The summed E-state index contributed by atoms with van der Waals surface area (Å²) in [5, 5.41) is 20.5. The Kier molecular flexibility index (Phi) is 7.17. The summed E-state index contributed by atoms with van der Waals surface area (Å²) in [6.07, 6.45) is 0.466. The molecule has 1 saturated heterocycles. The van der Waals surface area contributed by atoms with Crippen molar-refractivity contribution in [1.29, 1.82) is 5.26 Å². The van der Waals surface area contributed by atoms with Crippen LogP contribution in [-0.2, 0) is 20.9 Å². The van der Waals surface area contributed by atoms with Crippen LogP contribution in [0.2, 0.25) is 0 Å². The first-order valence-corrected chi connectivity index (χ1v) is 8.81. The molecule has 2 N–H and O–H groups in total. The molecule has 0 spiro atoms. The number of carbonyl (C=O) groups excluding carboxylic acids is 2. The SMILES string of the molecule is C[C@H](CC#N)[C@H](NC(=O)[C@H]1CCCN1C(=O)OCc1ccccc1)C(=O)O. The van der Waals surface area contributed by atoms with Crippen LogP contribution in [0.3, 0.4) is 0 Å². The molecule has 1 fully saturated rings. The quantitative estimate of drug-likeness (QED) is 0.753. The van der Waals surface area contributed by atoms with Gasteiger partial charge in [0.15, 0.2) is 0 Å². The summed E-state index contributed by atoms with van der Waals surface area (Å²) >= 11 is 0. The maximum Gasteiger partial charge on any atom is 0.410 e. The Morgan fingerprint density at radius 1 is 1.37 bits per heavy atom. The number of nitrogens with zero attached hydrogens (tertiary/aromatic N) is 2. The molecule has 0 bridgehead atoms. The van der Waals surface area contributed by atoms with E-state index >= 15 is 0 Å². The first kappa shape index (κ1) is 20.2. The maximum atomic E-state index is 12.6. The number of amides is 2. The third-order valence-corrected chi connectivity index (χ3v) is 4.54. The van der Waals surface area contributed by atoms with E-state index in [1.807, 2.05) is 36.4 Å². The Hall–Kier alpha value is -3.08. The Balaban J connectivity index is 1.97. The molecule has 1 aromatic rings. The number of nitriles is 1. The van der Waals surface area contributed by atoms with Gasteiger partial charge >= 0.3 is 12.1 Å². The molecule has 0 aliphatic carbocycles. The molecule has 1 aliphatic heterocycles. The lowest BCUT2D eigenvalue weighted by molar-refractivity contribution is -0.143. The molecule has 1 heterocycles. The van der Waals surface area contributed by atoms with E-state index < -0.39 is 36.0 Å². The van der Waals surface area contributed by atoms with Gasteiger partial charge in [0.25, 0.3) is 0 Å². The molecule has 2 amide bonds. The highest BCUT2D eigenvalue weighted by Gasteiger charge is 2.37. The molecule has 0 unspecified atom stereocenters. The average molecular weight is 373 g/mol. The van der Waals surface area contributed by atoms with E-state index in [9.17, 15) is 19.5 Å². The predicted molar refractivity (Wildman–Crippen MR) is 95.3 cm³/mol. The summed E-state index contributed by atoms with van der Waals surface area (Å²) in [5.41, 5.74) is 0.835. The lowest BCUT2D eigenvalue weighted by atomic mass is 9.98. The smallest absolute Gasteiger partial charge is 0.410 e. The molecule has 0 saturated carbocycles. The van der Waals surface area contributed by atoms with E-state index in [0.29, 0.717) is 19.4 Å². The number of likely N-dealkylation sites (tertiary alicyclic amines) is 1. The minimum absolute atomic E-state index is 0.00471. The second kappa shape index (κ2) is 9.57. The summed E-state index contributed by atoms with van der Waals surface area (Å²) in [5.74, 6) is -2.29. The molecule has 0 radical (unpaired) electrons. The van der Waals surface area contributed by atoms with Gasteiger partial charge in [-0.25, -0.2) is 9.59 Å². The second-order valence-electron chi connectivity index (χ2n) is 6.56. The van der Waals surface area contributed by atoms with Crippen LogP contribution in [-0.4, -0.2) is 46.6 Å². The summed E-state index contributed by atoms with van der Waals surface area (Å²) in [6, 6.07) is 9.14. The summed E-state index contributed by atoms with van der Waals surface area (Å²) < 4.78 is 5.28. The van der Waals surface area contributed by atoms with Gasteiger partial charge in [-0.05, 0) is 18.4 Å². The van der Waals surface area contributed by atoms with Crippen LogP contribution in [0, 0.1) is 17.2 Å². The van der Waals surface area contributed by atoms with E-state index in [2.05, 4.69) is 5.32 Å². The summed E-state index contributed by atoms with van der Waals surface area (Å²) in [7, 11) is 0. The van der Waals surface area contributed by atoms with Gasteiger partial charge in [-0.2, -0.15) is 5.26 Å². The topological polar surface area (TPSA) is 120 Å². The minimum atomic E-state index is -1.21. The van der Waals surface area contributed by atoms with Gasteiger partial charge in [-0.15, -0.1) is 0 Å². The molecule has 0 aromatic heterocycles. The van der Waals surface area contributed by atoms with Crippen LogP contribution in [0.15, 0.2) is 30.3 Å². The van der Waals surface area contributed by atoms with Gasteiger partial charge in [0.2, 0.25) is 5.91 Å². The largest absolute Gasteiger partial charge is 0.480 e. The first-order valence-electron chi connectivity index (χ1n) is 8.81. The van der Waals surface area contributed by atoms with Crippen LogP contribution in [0.1, 0.15) is 31.7 Å². The van der Waals surface area contributed by atoms with Gasteiger partial charge in [0.05, 0.1) is 6.07 Å². The number of carbonyl (C=O) groups is 3. The number of aliphatic carboxylic acids is 1. The van der Waals surface area contributed by atoms with Gasteiger partial charge in [0, 0.05) is 18.9 Å². The fraction of sp³-hybridized carbons (Fsp3) is 0.474. The lowest BCUT2D eigenvalue weighted by Gasteiger charge is -2.26. The highest BCUT2D eigenvalue weighted by molar-refractivity contribution is 5.89. The standard InChI is InChI=1S/C19H23N3O5/c1-13(9-10-20)16(18(24)25)21-17(23)15-8-5-11-22(15)19(26)27-12-14-6-3-2-4-7-14/h2-4,6-7,13,15-16H,5,8-9,11-12H2,1H3,(H,21,23)(H,24,25)/t13-,15-,16+/m1/s1. The van der Waals surface area contributed by atoms with Crippen molar-refractivity contribution in [2.24, 2.45) is 5.92 Å². The van der Waals surface area contributed by atoms with Crippen molar-refractivity contribution in [3.63, 3.8) is 0 Å². The fourth-order valence-electron chi connectivity index (χ4n) is 3.02. The molecule has 8 heteroatoms. The van der Waals surface area contributed by atoms with Crippen molar-refractivity contribution in [2.45, 2.75) is 44.9 Å². The highest BCUT2D eigenvalue weighted by Crippen LogP contribution is 2.20. The normalized spacial score (nSPS) is 18.2. The van der Waals surface area contributed by atoms with Crippen molar-refractivity contribution in [3.8, 4) is 6.07 Å². The third kappa shape index (κ3) is 5.45. The number of hydrogen-bond acceptors (Lipinski definition) is 5. The molecule has 144 valence electrons. The Labute approximate surface area is 157 Å². The van der Waals surface area contributed by atoms with Crippen LogP contribution >= 0.6 is 0 Å². The average Bonchev–Trinajstić information content (AvgIpc) is 3.14. The molecule has 8 nitrogen and oxygen atoms in total. The molecule has 1 aliphatic rings. The predicted octanol–water partition coefficient (Wildman–Crippen LogP) is 1.91. The van der Waals surface area contributed by atoms with Crippen LogP contribution in [0.5, 0.6) is 0 Å². The zero-order valence-electron chi connectivity index (χ0n) is 15.1. The Bertz CT molecular complexity index is 716. The first-order chi connectivity index (χ1) is 12.9. The molecule has 1 aromatic carbocycles. The van der Waals surface area contributed by atoms with Gasteiger partial charge in [-0.1, -0.05) is 37.3 Å². The molecule has 2 rings (SSSR count). The van der Waals surface area contributed by atoms with E-state index in [1.54, 1.807) is 6.92 Å². The van der Waals surface area contributed by atoms with Gasteiger partial charge < -0.3 is 15.2 Å². The maximum absolute atomic E-state index is 12.6. The number of nitrogens with one attached hydrogen (secondary N) is 1. The highest BCUT2D eigenvalue weighted by atomic mass is 16.6. The number of ether oxygens (including phenoxy) is 1. The number of rotatable bonds is 7. The van der Waals surface area contributed by atoms with Crippen LogP contribution < -0.4 is 5.32 Å². The van der Waals surface area contributed by atoms with E-state index in [4.69, 9.17) is 10.00 Å². The zero-order chi connectivity index (χ0) is 19.8. The monoisotopic (exact) mass is 373 g/mol. The molecular weight excluding hydrogens is 350 g/mol. The van der Waals surface area contributed by atoms with Crippen molar-refractivity contribution in [2.75, 3.05) is 6.54 Å². The number of benzene rings is 1. The van der Waals surface area contributed by atoms with Crippen molar-refractivity contribution in [1.82, 2.24) is 10.2 Å². The van der Waals surface area contributed by atoms with Gasteiger partial charge in [-0.3, -0.25) is 9.69 Å². The summed E-state index contributed by atoms with van der Waals surface area (Å²) in [4.78, 5) is 37.6. The zero-order valence-corrected chi connectivity index (χ0v) is 15.1.